The lowest BCUT2D eigenvalue weighted by Gasteiger charge is -2.33. The predicted octanol–water partition coefficient (Wildman–Crippen LogP) is 2.57. The predicted molar refractivity (Wildman–Crippen MR) is 88.7 cm³/mol. The van der Waals surface area contributed by atoms with Crippen molar-refractivity contribution >= 4 is 0 Å². The first-order valence-electron chi connectivity index (χ1n) is 8.34. The molecule has 2 rings (SSSR count). The number of hydrogen-bond acceptors (Lipinski definition) is 3. The summed E-state index contributed by atoms with van der Waals surface area (Å²) in [5.74, 6) is 0.812. The summed E-state index contributed by atoms with van der Waals surface area (Å²) in [7, 11) is 1.76. The van der Waals surface area contributed by atoms with Gasteiger partial charge in [0.25, 0.3) is 0 Å². The van der Waals surface area contributed by atoms with E-state index >= 15 is 0 Å². The number of benzene rings is 1. The number of nitrogens with one attached hydrogen (secondary N) is 1. The SMILES string of the molecule is COCCNCC1CCCN(CCCc2ccccc2)C1. The van der Waals surface area contributed by atoms with Gasteiger partial charge in [0.15, 0.2) is 0 Å². The summed E-state index contributed by atoms with van der Waals surface area (Å²) in [6, 6.07) is 10.8. The van der Waals surface area contributed by atoms with E-state index in [4.69, 9.17) is 4.74 Å². The first-order valence-corrected chi connectivity index (χ1v) is 8.34. The maximum Gasteiger partial charge on any atom is 0.0587 e. The maximum atomic E-state index is 5.07. The van der Waals surface area contributed by atoms with Crippen LogP contribution >= 0.6 is 0 Å². The topological polar surface area (TPSA) is 24.5 Å². The molecule has 1 atom stereocenters. The van der Waals surface area contributed by atoms with Gasteiger partial charge in [-0.1, -0.05) is 30.3 Å². The molecule has 0 radical (unpaired) electrons. The molecule has 1 fully saturated rings. The summed E-state index contributed by atoms with van der Waals surface area (Å²) in [6.45, 7) is 6.70. The van der Waals surface area contributed by atoms with E-state index in [1.165, 1.54) is 50.9 Å². The molecule has 0 bridgehead atoms. The van der Waals surface area contributed by atoms with Crippen LogP contribution in [0.2, 0.25) is 0 Å². The van der Waals surface area contributed by atoms with Crippen molar-refractivity contribution in [3.63, 3.8) is 0 Å². The van der Waals surface area contributed by atoms with Crippen molar-refractivity contribution in [3.8, 4) is 0 Å². The summed E-state index contributed by atoms with van der Waals surface area (Å²) in [6.07, 6.45) is 5.19. The van der Waals surface area contributed by atoms with Crippen LogP contribution in [0, 0.1) is 5.92 Å². The van der Waals surface area contributed by atoms with Crippen molar-refractivity contribution in [2.75, 3.05) is 46.4 Å². The van der Waals surface area contributed by atoms with Crippen LogP contribution in [0.25, 0.3) is 0 Å². The highest BCUT2D eigenvalue weighted by molar-refractivity contribution is 5.14. The third-order valence-electron chi connectivity index (χ3n) is 4.30. The van der Waals surface area contributed by atoms with Gasteiger partial charge in [0.2, 0.25) is 0 Å². The van der Waals surface area contributed by atoms with Gasteiger partial charge in [-0.15, -0.1) is 0 Å². The van der Waals surface area contributed by atoms with Crippen LogP contribution in [-0.4, -0.2) is 51.3 Å². The smallest absolute Gasteiger partial charge is 0.0587 e. The highest BCUT2D eigenvalue weighted by Crippen LogP contribution is 2.16. The van der Waals surface area contributed by atoms with E-state index < -0.39 is 0 Å². The van der Waals surface area contributed by atoms with Crippen molar-refractivity contribution in [1.82, 2.24) is 10.2 Å². The first kappa shape index (κ1) is 16.5. The van der Waals surface area contributed by atoms with Crippen LogP contribution in [0.1, 0.15) is 24.8 Å². The lowest BCUT2D eigenvalue weighted by Crippen LogP contribution is -2.40. The second-order valence-electron chi connectivity index (χ2n) is 6.09. The molecule has 1 aliphatic rings. The van der Waals surface area contributed by atoms with Gasteiger partial charge in [0, 0.05) is 20.2 Å². The fourth-order valence-electron chi connectivity index (χ4n) is 3.15. The van der Waals surface area contributed by atoms with E-state index in [0.717, 1.165) is 25.6 Å². The monoisotopic (exact) mass is 290 g/mol. The second kappa shape index (κ2) is 9.93. The van der Waals surface area contributed by atoms with Crippen LogP contribution < -0.4 is 5.32 Å². The highest BCUT2D eigenvalue weighted by atomic mass is 16.5. The molecule has 0 aromatic heterocycles. The van der Waals surface area contributed by atoms with Gasteiger partial charge in [-0.05, 0) is 56.8 Å². The molecule has 21 heavy (non-hydrogen) atoms. The molecule has 1 N–H and O–H groups in total. The van der Waals surface area contributed by atoms with Crippen LogP contribution in [0.3, 0.4) is 0 Å². The highest BCUT2D eigenvalue weighted by Gasteiger charge is 2.18. The van der Waals surface area contributed by atoms with Gasteiger partial charge < -0.3 is 15.0 Å². The molecule has 1 aromatic carbocycles. The molecule has 1 heterocycles. The lowest BCUT2D eigenvalue weighted by molar-refractivity contribution is 0.163. The van der Waals surface area contributed by atoms with Crippen molar-refractivity contribution in [2.24, 2.45) is 5.92 Å². The Morgan fingerprint density at radius 3 is 2.95 bits per heavy atom. The van der Waals surface area contributed by atoms with Gasteiger partial charge in [-0.3, -0.25) is 0 Å². The van der Waals surface area contributed by atoms with Gasteiger partial charge in [-0.2, -0.15) is 0 Å². The summed E-state index contributed by atoms with van der Waals surface area (Å²) in [5, 5.41) is 3.51. The zero-order chi connectivity index (χ0) is 14.8. The lowest BCUT2D eigenvalue weighted by atomic mass is 9.97. The molecule has 1 aliphatic heterocycles. The van der Waals surface area contributed by atoms with Gasteiger partial charge in [0.05, 0.1) is 6.61 Å². The molecule has 118 valence electrons. The molecule has 1 unspecified atom stereocenters. The Labute approximate surface area is 129 Å². The Kier molecular flexibility index (Phi) is 7.79. The molecule has 3 nitrogen and oxygen atoms in total. The molecular weight excluding hydrogens is 260 g/mol. The van der Waals surface area contributed by atoms with E-state index in [2.05, 4.69) is 40.5 Å². The van der Waals surface area contributed by atoms with Crippen molar-refractivity contribution in [1.29, 1.82) is 0 Å². The van der Waals surface area contributed by atoms with Crippen LogP contribution in [0.4, 0.5) is 0 Å². The Bertz CT molecular complexity index is 369. The largest absolute Gasteiger partial charge is 0.383 e. The first-order chi connectivity index (χ1) is 10.4. The Balaban J connectivity index is 1.60. The Morgan fingerprint density at radius 1 is 1.29 bits per heavy atom. The average Bonchev–Trinajstić information content (AvgIpc) is 2.53. The number of nitrogens with zero attached hydrogens (tertiary/aromatic N) is 1. The van der Waals surface area contributed by atoms with Crippen molar-refractivity contribution < 1.29 is 4.74 Å². The number of methoxy groups -OCH3 is 1. The van der Waals surface area contributed by atoms with Crippen molar-refractivity contribution in [2.45, 2.75) is 25.7 Å². The van der Waals surface area contributed by atoms with E-state index in [-0.39, 0.29) is 0 Å². The number of rotatable bonds is 9. The molecule has 3 heteroatoms. The second-order valence-corrected chi connectivity index (χ2v) is 6.09. The number of hydrogen-bond donors (Lipinski definition) is 1. The fraction of sp³-hybridized carbons (Fsp3) is 0.667. The van der Waals surface area contributed by atoms with E-state index in [9.17, 15) is 0 Å². The zero-order valence-electron chi connectivity index (χ0n) is 13.4. The number of aryl methyl sites for hydroxylation is 1. The molecule has 0 spiro atoms. The van der Waals surface area contributed by atoms with Crippen molar-refractivity contribution in [3.05, 3.63) is 35.9 Å². The molecule has 1 aromatic rings. The summed E-state index contributed by atoms with van der Waals surface area (Å²) >= 11 is 0. The van der Waals surface area contributed by atoms with E-state index in [1.807, 2.05) is 0 Å². The quantitative estimate of drug-likeness (QED) is 0.708. The van der Waals surface area contributed by atoms with Gasteiger partial charge >= 0.3 is 0 Å². The minimum Gasteiger partial charge on any atom is -0.383 e. The number of ether oxygens (including phenoxy) is 1. The van der Waals surface area contributed by atoms with E-state index in [0.29, 0.717) is 0 Å². The molecule has 0 amide bonds. The summed E-state index contributed by atoms with van der Waals surface area (Å²) in [4.78, 5) is 2.65. The standard InChI is InChI=1S/C18H30N2O/c1-21-14-11-19-15-18-10-6-13-20(16-18)12-5-9-17-7-3-2-4-8-17/h2-4,7-8,18-19H,5-6,9-16H2,1H3. The third-order valence-corrected chi connectivity index (χ3v) is 4.30. The van der Waals surface area contributed by atoms with Crippen LogP contribution in [-0.2, 0) is 11.2 Å². The summed E-state index contributed by atoms with van der Waals surface area (Å²) < 4.78 is 5.07. The minimum absolute atomic E-state index is 0.812. The third kappa shape index (κ3) is 6.60. The molecular formula is C18H30N2O. The number of likely N-dealkylation sites (tertiary alicyclic amines) is 1. The molecule has 0 aliphatic carbocycles. The zero-order valence-corrected chi connectivity index (χ0v) is 13.4. The van der Waals surface area contributed by atoms with Gasteiger partial charge in [-0.25, -0.2) is 0 Å². The summed E-state index contributed by atoms with van der Waals surface area (Å²) in [5.41, 5.74) is 1.47. The van der Waals surface area contributed by atoms with Gasteiger partial charge in [0.1, 0.15) is 0 Å². The van der Waals surface area contributed by atoms with Crippen LogP contribution in [0.5, 0.6) is 0 Å². The van der Waals surface area contributed by atoms with E-state index in [1.54, 1.807) is 7.11 Å². The average molecular weight is 290 g/mol. The Hall–Kier alpha value is -0.900. The number of piperidine rings is 1. The Morgan fingerprint density at radius 2 is 2.14 bits per heavy atom. The molecule has 1 saturated heterocycles. The molecule has 0 saturated carbocycles. The van der Waals surface area contributed by atoms with Crippen LogP contribution in [0.15, 0.2) is 30.3 Å². The maximum absolute atomic E-state index is 5.07. The fourth-order valence-corrected chi connectivity index (χ4v) is 3.15. The minimum atomic E-state index is 0.812. The normalized spacial score (nSPS) is 19.8.